The van der Waals surface area contributed by atoms with Crippen molar-refractivity contribution in [3.8, 4) is 11.5 Å². The van der Waals surface area contributed by atoms with E-state index in [2.05, 4.69) is 4.98 Å². The zero-order valence-electron chi connectivity index (χ0n) is 17.4. The molecule has 2 aromatic heterocycles. The molecule has 5 aromatic rings. The van der Waals surface area contributed by atoms with Crippen molar-refractivity contribution < 1.29 is 18.7 Å². The van der Waals surface area contributed by atoms with E-state index in [0.717, 1.165) is 10.9 Å². The van der Waals surface area contributed by atoms with Gasteiger partial charge in [0.05, 0.1) is 10.9 Å². The van der Waals surface area contributed by atoms with Gasteiger partial charge in [-0.15, -0.1) is 0 Å². The van der Waals surface area contributed by atoms with E-state index in [1.54, 1.807) is 60.7 Å². The predicted octanol–water partition coefficient (Wildman–Crippen LogP) is 4.89. The maximum absolute atomic E-state index is 12.5. The quantitative estimate of drug-likeness (QED) is 0.314. The topological polar surface area (TPSA) is 103 Å². The lowest BCUT2D eigenvalue weighted by Crippen LogP contribution is -2.07. The molecule has 0 fully saturated rings. The van der Waals surface area contributed by atoms with Crippen LogP contribution in [-0.2, 0) is 0 Å². The number of para-hydroxylation sites is 1. The standard InChI is InChI=1S/C26H17NO6/c1-15-12-24(29)32-22-14-18(10-11-19(15)22)31-23(13-16-6-8-17(28)9-7-16)25-27-21-5-3-2-4-20(21)26(30)33-25/h2-14,28H,1H3/b23-13-. The van der Waals surface area contributed by atoms with E-state index >= 15 is 0 Å². The number of aromatic nitrogens is 1. The summed E-state index contributed by atoms with van der Waals surface area (Å²) in [6, 6.07) is 19.8. The highest BCUT2D eigenvalue weighted by atomic mass is 16.5. The summed E-state index contributed by atoms with van der Waals surface area (Å²) < 4.78 is 16.8. The van der Waals surface area contributed by atoms with Crippen molar-refractivity contribution in [2.75, 3.05) is 0 Å². The Labute approximate surface area is 186 Å². The van der Waals surface area contributed by atoms with Crippen LogP contribution in [0.3, 0.4) is 0 Å². The molecule has 0 unspecified atom stereocenters. The summed E-state index contributed by atoms with van der Waals surface area (Å²) in [5.41, 5.74) is 1.30. The van der Waals surface area contributed by atoms with Crippen LogP contribution in [0.1, 0.15) is 17.0 Å². The van der Waals surface area contributed by atoms with Gasteiger partial charge in [-0.05, 0) is 60.5 Å². The van der Waals surface area contributed by atoms with Gasteiger partial charge >= 0.3 is 11.3 Å². The second-order valence-electron chi connectivity index (χ2n) is 7.43. The number of rotatable bonds is 4. The molecule has 0 atom stereocenters. The van der Waals surface area contributed by atoms with Gasteiger partial charge in [-0.25, -0.2) is 14.6 Å². The molecule has 162 valence electrons. The minimum absolute atomic E-state index is 0.0161. The number of benzene rings is 3. The van der Waals surface area contributed by atoms with Crippen LogP contribution in [0.15, 0.2) is 91.2 Å². The third-order valence-electron chi connectivity index (χ3n) is 5.09. The summed E-state index contributed by atoms with van der Waals surface area (Å²) in [6.45, 7) is 1.82. The van der Waals surface area contributed by atoms with Crippen LogP contribution >= 0.6 is 0 Å². The number of hydrogen-bond acceptors (Lipinski definition) is 7. The molecule has 0 saturated heterocycles. The van der Waals surface area contributed by atoms with Crippen molar-refractivity contribution in [1.82, 2.24) is 4.98 Å². The summed E-state index contributed by atoms with van der Waals surface area (Å²) in [7, 11) is 0. The maximum atomic E-state index is 12.5. The molecule has 0 aliphatic heterocycles. The minimum Gasteiger partial charge on any atom is -0.508 e. The van der Waals surface area contributed by atoms with Gasteiger partial charge < -0.3 is 18.7 Å². The molecule has 2 heterocycles. The van der Waals surface area contributed by atoms with Crippen LogP contribution in [0.5, 0.6) is 11.5 Å². The zero-order chi connectivity index (χ0) is 22.9. The van der Waals surface area contributed by atoms with Gasteiger partial charge in [0.25, 0.3) is 5.89 Å². The Kier molecular flexibility index (Phi) is 4.99. The van der Waals surface area contributed by atoms with Crippen LogP contribution in [0.2, 0.25) is 0 Å². The molecule has 0 bridgehead atoms. The second kappa shape index (κ2) is 8.12. The van der Waals surface area contributed by atoms with E-state index in [1.807, 2.05) is 6.92 Å². The van der Waals surface area contributed by atoms with Crippen molar-refractivity contribution in [3.63, 3.8) is 0 Å². The Bertz CT molecular complexity index is 1640. The van der Waals surface area contributed by atoms with E-state index in [9.17, 15) is 14.7 Å². The number of fused-ring (bicyclic) bond motifs is 2. The summed E-state index contributed by atoms with van der Waals surface area (Å²) in [5, 5.41) is 10.7. The van der Waals surface area contributed by atoms with E-state index < -0.39 is 11.3 Å². The van der Waals surface area contributed by atoms with Crippen LogP contribution in [0, 0.1) is 6.92 Å². The van der Waals surface area contributed by atoms with E-state index in [-0.39, 0.29) is 17.4 Å². The minimum atomic E-state index is -0.545. The molecule has 0 radical (unpaired) electrons. The largest absolute Gasteiger partial charge is 0.508 e. The molecular formula is C26H17NO6. The van der Waals surface area contributed by atoms with Crippen molar-refractivity contribution in [3.05, 3.63) is 111 Å². The van der Waals surface area contributed by atoms with Crippen LogP contribution in [0.25, 0.3) is 33.7 Å². The fraction of sp³-hybridized carbons (Fsp3) is 0.0385. The van der Waals surface area contributed by atoms with Gasteiger partial charge in [0, 0.05) is 17.5 Å². The third kappa shape index (κ3) is 4.12. The van der Waals surface area contributed by atoms with Gasteiger partial charge in [0.15, 0.2) is 5.76 Å². The molecule has 7 nitrogen and oxygen atoms in total. The number of phenols is 1. The Morgan fingerprint density at radius 3 is 2.55 bits per heavy atom. The smallest absolute Gasteiger partial charge is 0.347 e. The first-order valence-electron chi connectivity index (χ1n) is 10.1. The molecule has 0 aliphatic carbocycles. The highest BCUT2D eigenvalue weighted by Gasteiger charge is 2.15. The molecule has 5 rings (SSSR count). The Balaban J connectivity index is 1.65. The number of aryl methyl sites for hydroxylation is 1. The molecule has 3 aromatic carbocycles. The fourth-order valence-corrected chi connectivity index (χ4v) is 3.48. The Morgan fingerprint density at radius 1 is 0.939 bits per heavy atom. The van der Waals surface area contributed by atoms with Crippen LogP contribution < -0.4 is 16.0 Å². The summed E-state index contributed by atoms with van der Waals surface area (Å²) >= 11 is 0. The highest BCUT2D eigenvalue weighted by Crippen LogP contribution is 2.27. The summed E-state index contributed by atoms with van der Waals surface area (Å²) in [6.07, 6.45) is 1.64. The first-order valence-corrected chi connectivity index (χ1v) is 10.1. The van der Waals surface area contributed by atoms with Crippen molar-refractivity contribution >= 4 is 33.7 Å². The lowest BCUT2D eigenvalue weighted by molar-refractivity contribution is 0.431. The molecule has 0 amide bonds. The third-order valence-corrected chi connectivity index (χ3v) is 5.09. The van der Waals surface area contributed by atoms with E-state index in [1.165, 1.54) is 18.2 Å². The van der Waals surface area contributed by atoms with Gasteiger partial charge in [-0.3, -0.25) is 0 Å². The van der Waals surface area contributed by atoms with Crippen LogP contribution in [0.4, 0.5) is 0 Å². The molecule has 7 heteroatoms. The lowest BCUT2D eigenvalue weighted by atomic mass is 10.1. The number of hydrogen-bond donors (Lipinski definition) is 1. The zero-order valence-corrected chi connectivity index (χ0v) is 17.4. The lowest BCUT2D eigenvalue weighted by Gasteiger charge is -2.10. The highest BCUT2D eigenvalue weighted by molar-refractivity contribution is 5.83. The number of ether oxygens (including phenoxy) is 1. The number of nitrogens with zero attached hydrogens (tertiary/aromatic N) is 1. The first-order chi connectivity index (χ1) is 16.0. The predicted molar refractivity (Wildman–Crippen MR) is 124 cm³/mol. The molecule has 0 saturated carbocycles. The van der Waals surface area contributed by atoms with Gasteiger partial charge in [-0.2, -0.15) is 0 Å². The van der Waals surface area contributed by atoms with E-state index in [4.69, 9.17) is 13.6 Å². The molecular weight excluding hydrogens is 422 g/mol. The van der Waals surface area contributed by atoms with Gasteiger partial charge in [0.2, 0.25) is 0 Å². The average molecular weight is 439 g/mol. The van der Waals surface area contributed by atoms with Crippen molar-refractivity contribution in [2.45, 2.75) is 6.92 Å². The van der Waals surface area contributed by atoms with Gasteiger partial charge in [-0.1, -0.05) is 24.3 Å². The first kappa shape index (κ1) is 20.3. The Hall–Kier alpha value is -4.65. The molecule has 0 spiro atoms. The van der Waals surface area contributed by atoms with Crippen molar-refractivity contribution in [1.29, 1.82) is 0 Å². The summed E-state index contributed by atoms with van der Waals surface area (Å²) in [5.74, 6) is 0.624. The molecule has 0 aliphatic rings. The second-order valence-corrected chi connectivity index (χ2v) is 7.43. The molecule has 1 N–H and O–H groups in total. The normalized spacial score (nSPS) is 11.7. The van der Waals surface area contributed by atoms with Crippen LogP contribution in [-0.4, -0.2) is 10.1 Å². The van der Waals surface area contributed by atoms with E-state index in [0.29, 0.717) is 27.8 Å². The number of aromatic hydroxyl groups is 1. The maximum Gasteiger partial charge on any atom is 0.347 e. The van der Waals surface area contributed by atoms with Crippen molar-refractivity contribution in [2.24, 2.45) is 0 Å². The Morgan fingerprint density at radius 2 is 1.73 bits per heavy atom. The molecule has 33 heavy (non-hydrogen) atoms. The number of phenolic OH excluding ortho intramolecular Hbond substituents is 1. The SMILES string of the molecule is Cc1cc(=O)oc2cc(O/C(=C\c3ccc(O)cc3)c3nc4ccccc4c(=O)o3)ccc12. The average Bonchev–Trinajstić information content (AvgIpc) is 2.79. The van der Waals surface area contributed by atoms with Gasteiger partial charge in [0.1, 0.15) is 17.1 Å². The fourth-order valence-electron chi connectivity index (χ4n) is 3.48. The monoisotopic (exact) mass is 439 g/mol. The summed E-state index contributed by atoms with van der Waals surface area (Å²) in [4.78, 5) is 28.8.